The van der Waals surface area contributed by atoms with Gasteiger partial charge < -0.3 is 25.0 Å². The van der Waals surface area contributed by atoms with Gasteiger partial charge in [-0.3, -0.25) is 4.79 Å². The minimum atomic E-state index is -0.107. The molecule has 0 unspecified atom stereocenters. The summed E-state index contributed by atoms with van der Waals surface area (Å²) < 4.78 is 10.8. The van der Waals surface area contributed by atoms with Gasteiger partial charge in [-0.05, 0) is 43.8 Å². The van der Waals surface area contributed by atoms with Crippen LogP contribution < -0.4 is 20.1 Å². The molecular weight excluding hydrogens is 416 g/mol. The molecule has 7 heteroatoms. The number of fused-ring (bicyclic) bond motifs is 1. The molecule has 2 N–H and O–H groups in total. The molecule has 0 aliphatic heterocycles. The van der Waals surface area contributed by atoms with Crippen LogP contribution in [-0.2, 0) is 0 Å². The van der Waals surface area contributed by atoms with Gasteiger partial charge in [-0.1, -0.05) is 38.5 Å². The maximum Gasteiger partial charge on any atom is 0.252 e. The molecule has 176 valence electrons. The molecule has 0 saturated carbocycles. The molecule has 0 saturated heterocycles. The molecule has 33 heavy (non-hydrogen) atoms. The molecule has 3 rings (SSSR count). The number of carbonyl (C=O) groups is 1. The number of rotatable bonds is 12. The average Bonchev–Trinajstić information content (AvgIpc) is 2.85. The van der Waals surface area contributed by atoms with Gasteiger partial charge in [-0.25, -0.2) is 4.98 Å². The van der Waals surface area contributed by atoms with Crippen LogP contribution in [0.4, 0.5) is 11.5 Å². The summed E-state index contributed by atoms with van der Waals surface area (Å²) in [4.78, 5) is 20.2. The highest BCUT2D eigenvalue weighted by Gasteiger charge is 2.15. The highest BCUT2D eigenvalue weighted by molar-refractivity contribution is 6.07. The quantitative estimate of drug-likeness (QED) is 0.411. The lowest BCUT2D eigenvalue weighted by molar-refractivity contribution is 0.0950. The number of unbranched alkanes of at least 4 members (excludes halogenated alkanes) is 1. The third-order valence-corrected chi connectivity index (χ3v) is 5.62. The topological polar surface area (TPSA) is 75.7 Å². The maximum absolute atomic E-state index is 13.1. The fourth-order valence-electron chi connectivity index (χ4n) is 3.70. The first-order valence-corrected chi connectivity index (χ1v) is 11.5. The summed E-state index contributed by atoms with van der Waals surface area (Å²) in [7, 11) is 3.22. The lowest BCUT2D eigenvalue weighted by Crippen LogP contribution is -2.35. The predicted molar refractivity (Wildman–Crippen MR) is 134 cm³/mol. The van der Waals surface area contributed by atoms with Gasteiger partial charge in [-0.2, -0.15) is 0 Å². The molecule has 0 fully saturated rings. The number of pyridine rings is 1. The average molecular weight is 451 g/mol. The molecular formula is C26H34N4O3. The van der Waals surface area contributed by atoms with Gasteiger partial charge in [-0.15, -0.1) is 0 Å². The molecule has 2 aromatic carbocycles. The zero-order valence-electron chi connectivity index (χ0n) is 20.0. The van der Waals surface area contributed by atoms with Gasteiger partial charge >= 0.3 is 0 Å². The van der Waals surface area contributed by atoms with Crippen LogP contribution in [0.2, 0.25) is 0 Å². The number of hydrogen-bond acceptors (Lipinski definition) is 6. The second-order valence-electron chi connectivity index (χ2n) is 7.81. The molecule has 7 nitrogen and oxygen atoms in total. The van der Waals surface area contributed by atoms with Gasteiger partial charge in [0.25, 0.3) is 5.91 Å². The fraction of sp³-hybridized carbons (Fsp3) is 0.385. The molecule has 1 aromatic heterocycles. The van der Waals surface area contributed by atoms with Crippen LogP contribution in [-0.4, -0.2) is 56.2 Å². The van der Waals surface area contributed by atoms with Crippen LogP contribution in [0.1, 0.15) is 37.0 Å². The zero-order valence-corrected chi connectivity index (χ0v) is 20.0. The number of nitrogens with zero attached hydrogens (tertiary/aromatic N) is 2. The van der Waals surface area contributed by atoms with Gasteiger partial charge in [0.2, 0.25) is 0 Å². The van der Waals surface area contributed by atoms with E-state index >= 15 is 0 Å². The van der Waals surface area contributed by atoms with Crippen molar-refractivity contribution < 1.29 is 14.3 Å². The van der Waals surface area contributed by atoms with Crippen molar-refractivity contribution in [2.24, 2.45) is 0 Å². The van der Waals surface area contributed by atoms with Crippen molar-refractivity contribution in [3.05, 3.63) is 54.1 Å². The Balaban J connectivity index is 1.81. The first-order valence-electron chi connectivity index (χ1n) is 11.5. The highest BCUT2D eigenvalue weighted by Crippen LogP contribution is 2.32. The Hall–Kier alpha value is -3.32. The van der Waals surface area contributed by atoms with Gasteiger partial charge in [0.1, 0.15) is 17.3 Å². The summed E-state index contributed by atoms with van der Waals surface area (Å²) in [5.41, 5.74) is 2.08. The molecule has 3 aromatic rings. The number of aromatic nitrogens is 1. The molecule has 0 bridgehead atoms. The number of amides is 1. The number of para-hydroxylation sites is 1. The number of anilines is 2. The van der Waals surface area contributed by atoms with E-state index in [-0.39, 0.29) is 5.91 Å². The molecule has 0 atom stereocenters. The number of hydrogen-bond donors (Lipinski definition) is 2. The molecule has 0 aliphatic rings. The maximum atomic E-state index is 13.1. The molecule has 1 amide bonds. The summed E-state index contributed by atoms with van der Waals surface area (Å²) in [6.07, 6.45) is 2.33. The number of nitrogens with one attached hydrogen (secondary N) is 2. The SMILES string of the molecule is CCCCN(CC)CCNC(=O)c1cc(Nc2ccc(OC)cc2OC)nc2ccccc12. The van der Waals surface area contributed by atoms with E-state index in [1.807, 2.05) is 36.4 Å². The summed E-state index contributed by atoms with van der Waals surface area (Å²) in [5, 5.41) is 7.19. The first-order chi connectivity index (χ1) is 16.1. The Labute approximate surface area is 196 Å². The number of likely N-dealkylation sites (N-methyl/N-ethyl adjacent to an activating group) is 1. The van der Waals surface area contributed by atoms with E-state index in [4.69, 9.17) is 14.5 Å². The van der Waals surface area contributed by atoms with Crippen molar-refractivity contribution in [2.75, 3.05) is 45.7 Å². The van der Waals surface area contributed by atoms with E-state index in [1.54, 1.807) is 26.4 Å². The van der Waals surface area contributed by atoms with Crippen LogP contribution >= 0.6 is 0 Å². The lowest BCUT2D eigenvalue weighted by atomic mass is 10.1. The normalized spacial score (nSPS) is 10.9. The van der Waals surface area contributed by atoms with Crippen LogP contribution in [0.25, 0.3) is 10.9 Å². The predicted octanol–water partition coefficient (Wildman–Crippen LogP) is 4.85. The monoisotopic (exact) mass is 450 g/mol. The van der Waals surface area contributed by atoms with Crippen molar-refractivity contribution in [3.63, 3.8) is 0 Å². The van der Waals surface area contributed by atoms with Gasteiger partial charge in [0, 0.05) is 24.5 Å². The first kappa shape index (κ1) is 24.3. The van der Waals surface area contributed by atoms with Crippen molar-refractivity contribution in [1.82, 2.24) is 15.2 Å². The zero-order chi connectivity index (χ0) is 23.6. The van der Waals surface area contributed by atoms with Crippen molar-refractivity contribution in [2.45, 2.75) is 26.7 Å². The van der Waals surface area contributed by atoms with Crippen LogP contribution in [0.5, 0.6) is 11.5 Å². The summed E-state index contributed by atoms with van der Waals surface area (Å²) in [6.45, 7) is 7.81. The molecule has 0 spiro atoms. The third-order valence-electron chi connectivity index (χ3n) is 5.62. The highest BCUT2D eigenvalue weighted by atomic mass is 16.5. The Morgan fingerprint density at radius 1 is 1.03 bits per heavy atom. The van der Waals surface area contributed by atoms with Crippen molar-refractivity contribution in [1.29, 1.82) is 0 Å². The van der Waals surface area contributed by atoms with Crippen LogP contribution in [0.3, 0.4) is 0 Å². The molecule has 1 heterocycles. The number of ether oxygens (including phenoxy) is 2. The summed E-state index contributed by atoms with van der Waals surface area (Å²) in [5.74, 6) is 1.79. The molecule has 0 radical (unpaired) electrons. The van der Waals surface area contributed by atoms with E-state index < -0.39 is 0 Å². The van der Waals surface area contributed by atoms with Crippen LogP contribution in [0.15, 0.2) is 48.5 Å². The Morgan fingerprint density at radius 3 is 2.58 bits per heavy atom. The van der Waals surface area contributed by atoms with E-state index in [2.05, 4.69) is 29.4 Å². The Morgan fingerprint density at radius 2 is 1.85 bits per heavy atom. The van der Waals surface area contributed by atoms with E-state index in [0.717, 1.165) is 36.2 Å². The van der Waals surface area contributed by atoms with Crippen LogP contribution in [0, 0.1) is 0 Å². The third kappa shape index (κ3) is 6.35. The number of methoxy groups -OCH3 is 2. The Bertz CT molecular complexity index is 1070. The van der Waals surface area contributed by atoms with Gasteiger partial charge in [0.15, 0.2) is 0 Å². The Kier molecular flexibility index (Phi) is 8.89. The van der Waals surface area contributed by atoms with E-state index in [1.165, 1.54) is 12.8 Å². The van der Waals surface area contributed by atoms with Crippen molar-refractivity contribution in [3.8, 4) is 11.5 Å². The number of benzene rings is 2. The van der Waals surface area contributed by atoms with E-state index in [9.17, 15) is 4.79 Å². The van der Waals surface area contributed by atoms with Gasteiger partial charge in [0.05, 0.1) is 31.0 Å². The largest absolute Gasteiger partial charge is 0.497 e. The smallest absolute Gasteiger partial charge is 0.252 e. The standard InChI is InChI=1S/C26H34N4O3/c1-5-7-15-30(6-2)16-14-27-26(31)21-18-25(28-22-11-9-8-10-20(21)22)29-23-13-12-19(32-3)17-24(23)33-4/h8-13,17-18H,5-7,14-16H2,1-4H3,(H,27,31)(H,28,29). The summed E-state index contributed by atoms with van der Waals surface area (Å²) >= 11 is 0. The molecule has 0 aliphatic carbocycles. The summed E-state index contributed by atoms with van der Waals surface area (Å²) in [6, 6.07) is 15.0. The second-order valence-corrected chi connectivity index (χ2v) is 7.81. The minimum Gasteiger partial charge on any atom is -0.497 e. The lowest BCUT2D eigenvalue weighted by Gasteiger charge is -2.20. The fourth-order valence-corrected chi connectivity index (χ4v) is 3.70. The van der Waals surface area contributed by atoms with E-state index in [0.29, 0.717) is 29.4 Å². The minimum absolute atomic E-state index is 0.107. The number of carbonyl (C=O) groups excluding carboxylic acids is 1. The van der Waals surface area contributed by atoms with Crippen molar-refractivity contribution >= 4 is 28.3 Å². The second kappa shape index (κ2) is 12.1.